The van der Waals surface area contributed by atoms with Crippen LogP contribution in [0.2, 0.25) is 0 Å². The van der Waals surface area contributed by atoms with E-state index in [1.807, 2.05) is 0 Å². The number of ether oxygens (including phenoxy) is 2. The molecule has 0 saturated carbocycles. The van der Waals surface area contributed by atoms with E-state index in [0.717, 1.165) is 83.5 Å². The molecule has 2 atom stereocenters. The monoisotopic (exact) mass is 846 g/mol. The van der Waals surface area contributed by atoms with Gasteiger partial charge in [-0.25, -0.2) is 4.57 Å². The molecule has 3 N–H and O–H groups in total. The molecule has 2 unspecified atom stereocenters. The van der Waals surface area contributed by atoms with Crippen LogP contribution in [0.15, 0.2) is 85.1 Å². The Balaban J connectivity index is 4.10. The van der Waals surface area contributed by atoms with E-state index in [0.29, 0.717) is 13.0 Å². The van der Waals surface area contributed by atoms with E-state index in [1.165, 1.54) is 83.5 Å². The second kappa shape index (κ2) is 46.7. The molecule has 0 spiro atoms. The highest BCUT2D eigenvalue weighted by Gasteiger charge is 2.25. The summed E-state index contributed by atoms with van der Waals surface area (Å²) in [4.78, 5) is 22.5. The SMILES string of the molecule is CC/C=C\C/C=C\C/C=C\C/C=C\C/C=C\C/C=C\CCCCCOCC(COP(=O)(O)OCCN)OC(=O)CCCCCCCCC/C=C\CCCCCCCCC. The molecule has 0 aliphatic carbocycles. The Morgan fingerprint density at radius 2 is 0.949 bits per heavy atom. The molecule has 340 valence electrons. The number of unbranched alkanes of at least 4 members (excludes halogenated alkanes) is 17. The molecule has 0 rings (SSSR count). The van der Waals surface area contributed by atoms with Crippen molar-refractivity contribution in [2.45, 2.75) is 193 Å². The van der Waals surface area contributed by atoms with E-state index in [9.17, 15) is 14.3 Å². The first-order chi connectivity index (χ1) is 28.9. The van der Waals surface area contributed by atoms with E-state index in [1.54, 1.807) is 0 Å². The lowest BCUT2D eigenvalue weighted by Gasteiger charge is -2.20. The number of hydrogen-bond acceptors (Lipinski definition) is 7. The van der Waals surface area contributed by atoms with E-state index in [4.69, 9.17) is 24.3 Å². The van der Waals surface area contributed by atoms with Gasteiger partial charge in [0.1, 0.15) is 6.10 Å². The predicted octanol–water partition coefficient (Wildman–Crippen LogP) is 14.5. The Labute approximate surface area is 362 Å². The van der Waals surface area contributed by atoms with Gasteiger partial charge in [-0.3, -0.25) is 13.8 Å². The molecule has 0 aromatic carbocycles. The van der Waals surface area contributed by atoms with Gasteiger partial charge in [0, 0.05) is 19.6 Å². The highest BCUT2D eigenvalue weighted by Crippen LogP contribution is 2.43. The van der Waals surface area contributed by atoms with Crippen LogP contribution in [-0.2, 0) is 27.9 Å². The molecule has 8 nitrogen and oxygen atoms in total. The van der Waals surface area contributed by atoms with Crippen LogP contribution in [0.3, 0.4) is 0 Å². The summed E-state index contributed by atoms with van der Waals surface area (Å²) in [5.41, 5.74) is 5.38. The lowest BCUT2D eigenvalue weighted by Crippen LogP contribution is -2.28. The van der Waals surface area contributed by atoms with Gasteiger partial charge in [0.05, 0.1) is 19.8 Å². The maximum atomic E-state index is 12.6. The highest BCUT2D eigenvalue weighted by atomic mass is 31.2. The normalized spacial score (nSPS) is 14.2. The van der Waals surface area contributed by atoms with E-state index in [2.05, 4.69) is 98.9 Å². The number of esters is 1. The summed E-state index contributed by atoms with van der Waals surface area (Å²) in [6, 6.07) is 0. The van der Waals surface area contributed by atoms with Crippen LogP contribution < -0.4 is 5.73 Å². The number of hydrogen-bond donors (Lipinski definition) is 2. The van der Waals surface area contributed by atoms with Gasteiger partial charge in [0.15, 0.2) is 0 Å². The van der Waals surface area contributed by atoms with E-state index < -0.39 is 13.9 Å². The summed E-state index contributed by atoms with van der Waals surface area (Å²) in [6.07, 6.45) is 60.4. The molecular weight excluding hydrogens is 758 g/mol. The zero-order valence-corrected chi connectivity index (χ0v) is 38.6. The maximum Gasteiger partial charge on any atom is 0.472 e. The fraction of sp³-hybridized carbons (Fsp3) is 0.700. The quantitative estimate of drug-likeness (QED) is 0.0269. The molecule has 0 aromatic heterocycles. The van der Waals surface area contributed by atoms with Crippen LogP contribution in [0.5, 0.6) is 0 Å². The second-order valence-electron chi connectivity index (χ2n) is 15.2. The van der Waals surface area contributed by atoms with Crippen LogP contribution >= 0.6 is 7.82 Å². The number of phosphoric acid groups is 1. The standard InChI is InChI=1S/C50H88NO7P/c1-3-5-7-9-11-13-15-17-19-21-23-24-25-26-28-30-32-34-36-38-40-42-45-55-47-49(48-57-59(53,54)56-46-44-51)58-50(52)43-41-39-37-35-33-31-29-27-22-20-18-16-14-12-10-8-6-4-2/h5,7,11,13,17,19-20,22-24,26,28,32,34,49H,3-4,6,8-10,12,14-16,18,21,25,27,29-31,33,35-48,51H2,1-2H3,(H,53,54)/b7-5-,13-11-,19-17-,22-20-,24-23-,28-26-,34-32-. The van der Waals surface area contributed by atoms with Gasteiger partial charge in [-0.15, -0.1) is 0 Å². The Morgan fingerprint density at radius 1 is 0.525 bits per heavy atom. The fourth-order valence-electron chi connectivity index (χ4n) is 6.11. The Kier molecular flexibility index (Phi) is 44.9. The van der Waals surface area contributed by atoms with Crippen molar-refractivity contribution in [1.82, 2.24) is 0 Å². The van der Waals surface area contributed by atoms with Crippen LogP contribution in [0.4, 0.5) is 0 Å². The topological polar surface area (TPSA) is 117 Å². The molecule has 0 bridgehead atoms. The Hall–Kier alpha value is -2.32. The molecule has 0 fully saturated rings. The molecule has 0 radical (unpaired) electrons. The average molecular weight is 846 g/mol. The molecule has 9 heteroatoms. The molecular formula is C50H88NO7P. The van der Waals surface area contributed by atoms with Gasteiger partial charge in [0.2, 0.25) is 0 Å². The number of carbonyl (C=O) groups is 1. The van der Waals surface area contributed by atoms with Crippen molar-refractivity contribution in [1.29, 1.82) is 0 Å². The van der Waals surface area contributed by atoms with Crippen LogP contribution in [0, 0.1) is 0 Å². The van der Waals surface area contributed by atoms with Crippen LogP contribution in [0.25, 0.3) is 0 Å². The van der Waals surface area contributed by atoms with Crippen LogP contribution in [0.1, 0.15) is 187 Å². The van der Waals surface area contributed by atoms with Gasteiger partial charge < -0.3 is 20.1 Å². The van der Waals surface area contributed by atoms with Crippen LogP contribution in [-0.4, -0.2) is 49.9 Å². The van der Waals surface area contributed by atoms with Crippen molar-refractivity contribution in [3.05, 3.63) is 85.1 Å². The minimum Gasteiger partial charge on any atom is -0.457 e. The van der Waals surface area contributed by atoms with Crippen molar-refractivity contribution in [2.24, 2.45) is 5.73 Å². The zero-order valence-electron chi connectivity index (χ0n) is 37.7. The average Bonchev–Trinajstić information content (AvgIpc) is 3.23. The van der Waals surface area contributed by atoms with Gasteiger partial charge in [-0.05, 0) is 89.9 Å². The van der Waals surface area contributed by atoms with Gasteiger partial charge >= 0.3 is 13.8 Å². The second-order valence-corrected chi connectivity index (χ2v) is 16.7. The third-order valence-electron chi connectivity index (χ3n) is 9.55. The van der Waals surface area contributed by atoms with Gasteiger partial charge in [-0.1, -0.05) is 176 Å². The number of nitrogens with two attached hydrogens (primary N) is 1. The van der Waals surface area contributed by atoms with Crippen molar-refractivity contribution >= 4 is 13.8 Å². The summed E-state index contributed by atoms with van der Waals surface area (Å²) in [5, 5.41) is 0. The largest absolute Gasteiger partial charge is 0.472 e. The van der Waals surface area contributed by atoms with E-state index in [-0.39, 0.29) is 32.3 Å². The number of phosphoric ester groups is 1. The van der Waals surface area contributed by atoms with Crippen molar-refractivity contribution in [2.75, 3.05) is 33.0 Å². The van der Waals surface area contributed by atoms with Crippen molar-refractivity contribution < 1.29 is 32.8 Å². The zero-order chi connectivity index (χ0) is 43.0. The van der Waals surface area contributed by atoms with Crippen molar-refractivity contribution in [3.8, 4) is 0 Å². The predicted molar refractivity (Wildman–Crippen MR) is 251 cm³/mol. The van der Waals surface area contributed by atoms with Gasteiger partial charge in [0.25, 0.3) is 0 Å². The lowest BCUT2D eigenvalue weighted by molar-refractivity contribution is -0.154. The van der Waals surface area contributed by atoms with E-state index >= 15 is 0 Å². The first-order valence-electron chi connectivity index (χ1n) is 23.6. The number of allylic oxidation sites excluding steroid dienone is 14. The molecule has 0 aliphatic rings. The summed E-state index contributed by atoms with van der Waals surface area (Å²) in [7, 11) is -4.30. The Morgan fingerprint density at radius 3 is 1.44 bits per heavy atom. The number of rotatable bonds is 44. The lowest BCUT2D eigenvalue weighted by atomic mass is 10.1. The third kappa shape index (κ3) is 46.6. The first-order valence-corrected chi connectivity index (χ1v) is 25.1. The molecule has 0 heterocycles. The minimum atomic E-state index is -4.30. The maximum absolute atomic E-state index is 12.6. The summed E-state index contributed by atoms with van der Waals surface area (Å²) < 4.78 is 33.5. The molecule has 59 heavy (non-hydrogen) atoms. The van der Waals surface area contributed by atoms with Gasteiger partial charge in [-0.2, -0.15) is 0 Å². The molecule has 0 saturated heterocycles. The molecule has 0 aliphatic heterocycles. The summed E-state index contributed by atoms with van der Waals surface area (Å²) in [5.74, 6) is -0.350. The summed E-state index contributed by atoms with van der Waals surface area (Å²) >= 11 is 0. The third-order valence-corrected chi connectivity index (χ3v) is 10.5. The Bertz CT molecular complexity index is 1180. The molecule has 0 aromatic rings. The van der Waals surface area contributed by atoms with Crippen molar-refractivity contribution in [3.63, 3.8) is 0 Å². The highest BCUT2D eigenvalue weighted by molar-refractivity contribution is 7.47. The smallest absolute Gasteiger partial charge is 0.457 e. The number of carbonyl (C=O) groups excluding carboxylic acids is 1. The molecule has 0 amide bonds. The minimum absolute atomic E-state index is 0.0874. The fourth-order valence-corrected chi connectivity index (χ4v) is 6.88. The summed E-state index contributed by atoms with van der Waals surface area (Å²) in [6.45, 7) is 4.71. The first kappa shape index (κ1) is 56.7.